The summed E-state index contributed by atoms with van der Waals surface area (Å²) in [6.07, 6.45) is 3.90. The SMILES string of the molecule is C=CC(C)C(C)C=NC. The lowest BCUT2D eigenvalue weighted by Crippen LogP contribution is -2.05. The first-order valence-corrected chi connectivity index (χ1v) is 3.27. The van der Waals surface area contributed by atoms with E-state index in [9.17, 15) is 0 Å². The zero-order chi connectivity index (χ0) is 7.28. The minimum Gasteiger partial charge on any atom is -0.301 e. The molecule has 0 aliphatic rings. The standard InChI is InChI=1S/C8H15N/c1-5-7(2)8(3)6-9-4/h5-8H,1H2,2-4H3. The Labute approximate surface area is 57.5 Å². The smallest absolute Gasteiger partial charge is 0.0273 e. The molecule has 0 aliphatic heterocycles. The molecule has 2 atom stereocenters. The van der Waals surface area contributed by atoms with Gasteiger partial charge in [0.2, 0.25) is 0 Å². The first-order valence-electron chi connectivity index (χ1n) is 3.27. The first-order chi connectivity index (χ1) is 4.22. The van der Waals surface area contributed by atoms with E-state index in [-0.39, 0.29) is 0 Å². The van der Waals surface area contributed by atoms with Crippen molar-refractivity contribution in [3.8, 4) is 0 Å². The molecule has 0 rings (SSSR count). The van der Waals surface area contributed by atoms with Gasteiger partial charge in [0.15, 0.2) is 0 Å². The maximum Gasteiger partial charge on any atom is 0.0273 e. The molecule has 0 amide bonds. The number of rotatable bonds is 3. The third kappa shape index (κ3) is 3.07. The highest BCUT2D eigenvalue weighted by molar-refractivity contribution is 5.60. The van der Waals surface area contributed by atoms with Crippen LogP contribution in [0.5, 0.6) is 0 Å². The van der Waals surface area contributed by atoms with Gasteiger partial charge in [0.05, 0.1) is 0 Å². The number of hydrogen-bond donors (Lipinski definition) is 0. The van der Waals surface area contributed by atoms with Gasteiger partial charge in [-0.1, -0.05) is 19.9 Å². The van der Waals surface area contributed by atoms with Crippen molar-refractivity contribution in [1.82, 2.24) is 0 Å². The van der Waals surface area contributed by atoms with E-state index in [0.29, 0.717) is 11.8 Å². The number of allylic oxidation sites excluding steroid dienone is 1. The monoisotopic (exact) mass is 125 g/mol. The van der Waals surface area contributed by atoms with Crippen molar-refractivity contribution >= 4 is 6.21 Å². The molecule has 0 aromatic rings. The minimum absolute atomic E-state index is 0.521. The summed E-state index contributed by atoms with van der Waals surface area (Å²) in [5, 5.41) is 0. The van der Waals surface area contributed by atoms with Crippen molar-refractivity contribution in [3.05, 3.63) is 12.7 Å². The Morgan fingerprint density at radius 2 is 1.89 bits per heavy atom. The molecule has 0 saturated heterocycles. The molecule has 2 unspecified atom stereocenters. The molecule has 1 heteroatoms. The molecular formula is C8H15N. The molecule has 52 valence electrons. The third-order valence-electron chi connectivity index (χ3n) is 1.59. The molecule has 0 spiro atoms. The summed E-state index contributed by atoms with van der Waals surface area (Å²) >= 11 is 0. The van der Waals surface area contributed by atoms with Crippen LogP contribution in [0.4, 0.5) is 0 Å². The highest BCUT2D eigenvalue weighted by atomic mass is 14.6. The third-order valence-corrected chi connectivity index (χ3v) is 1.59. The zero-order valence-corrected chi connectivity index (χ0v) is 6.46. The van der Waals surface area contributed by atoms with Crippen LogP contribution in [0.2, 0.25) is 0 Å². The fourth-order valence-electron chi connectivity index (χ4n) is 0.586. The van der Waals surface area contributed by atoms with Gasteiger partial charge in [-0.25, -0.2) is 0 Å². The van der Waals surface area contributed by atoms with E-state index in [1.54, 1.807) is 7.05 Å². The number of nitrogens with zero attached hydrogens (tertiary/aromatic N) is 1. The van der Waals surface area contributed by atoms with Crippen molar-refractivity contribution in [2.75, 3.05) is 7.05 Å². The first kappa shape index (κ1) is 8.41. The topological polar surface area (TPSA) is 12.4 Å². The van der Waals surface area contributed by atoms with Crippen LogP contribution in [0, 0.1) is 11.8 Å². The van der Waals surface area contributed by atoms with Gasteiger partial charge in [0, 0.05) is 13.3 Å². The molecule has 0 saturated carbocycles. The summed E-state index contributed by atoms with van der Waals surface area (Å²) in [7, 11) is 1.80. The summed E-state index contributed by atoms with van der Waals surface area (Å²) in [5.74, 6) is 1.06. The molecule has 0 aromatic carbocycles. The van der Waals surface area contributed by atoms with Crippen LogP contribution in [0.3, 0.4) is 0 Å². The predicted molar refractivity (Wildman–Crippen MR) is 42.9 cm³/mol. The molecule has 0 aliphatic carbocycles. The Balaban J connectivity index is 3.71. The zero-order valence-electron chi connectivity index (χ0n) is 6.46. The van der Waals surface area contributed by atoms with Gasteiger partial charge in [-0.05, 0) is 11.8 Å². The Hall–Kier alpha value is -0.590. The van der Waals surface area contributed by atoms with Gasteiger partial charge in [0.1, 0.15) is 0 Å². The van der Waals surface area contributed by atoms with Crippen LogP contribution in [-0.2, 0) is 0 Å². The van der Waals surface area contributed by atoms with Crippen molar-refractivity contribution in [2.45, 2.75) is 13.8 Å². The summed E-state index contributed by atoms with van der Waals surface area (Å²) in [5.41, 5.74) is 0. The minimum atomic E-state index is 0.521. The van der Waals surface area contributed by atoms with Gasteiger partial charge < -0.3 is 4.99 Å². The molecule has 0 bridgehead atoms. The van der Waals surface area contributed by atoms with Crippen molar-refractivity contribution in [2.24, 2.45) is 16.8 Å². The quantitative estimate of drug-likeness (QED) is 0.405. The summed E-state index contributed by atoms with van der Waals surface area (Å²) in [4.78, 5) is 3.93. The average molecular weight is 125 g/mol. The van der Waals surface area contributed by atoms with E-state index in [4.69, 9.17) is 0 Å². The molecule has 0 radical (unpaired) electrons. The van der Waals surface area contributed by atoms with E-state index >= 15 is 0 Å². The van der Waals surface area contributed by atoms with Crippen molar-refractivity contribution in [3.63, 3.8) is 0 Å². The summed E-state index contributed by atoms with van der Waals surface area (Å²) in [6, 6.07) is 0. The fraction of sp³-hybridized carbons (Fsp3) is 0.625. The van der Waals surface area contributed by atoms with Gasteiger partial charge in [0.25, 0.3) is 0 Å². The van der Waals surface area contributed by atoms with E-state index in [1.165, 1.54) is 0 Å². The van der Waals surface area contributed by atoms with E-state index < -0.39 is 0 Å². The van der Waals surface area contributed by atoms with E-state index in [2.05, 4.69) is 25.4 Å². The lowest BCUT2D eigenvalue weighted by molar-refractivity contribution is 0.601. The van der Waals surface area contributed by atoms with Crippen LogP contribution in [0.15, 0.2) is 17.6 Å². The average Bonchev–Trinajstić information content (AvgIpc) is 1.87. The van der Waals surface area contributed by atoms with Crippen LogP contribution in [-0.4, -0.2) is 13.3 Å². The van der Waals surface area contributed by atoms with Crippen molar-refractivity contribution < 1.29 is 0 Å². The lowest BCUT2D eigenvalue weighted by Gasteiger charge is -2.08. The molecule has 9 heavy (non-hydrogen) atoms. The second-order valence-corrected chi connectivity index (χ2v) is 2.36. The number of aliphatic imine (C=N–C) groups is 1. The molecule has 0 aromatic heterocycles. The van der Waals surface area contributed by atoms with Gasteiger partial charge >= 0.3 is 0 Å². The number of hydrogen-bond acceptors (Lipinski definition) is 1. The van der Waals surface area contributed by atoms with Crippen LogP contribution in [0.25, 0.3) is 0 Å². The summed E-state index contributed by atoms with van der Waals surface area (Å²) < 4.78 is 0. The highest BCUT2D eigenvalue weighted by Crippen LogP contribution is 2.08. The van der Waals surface area contributed by atoms with E-state index in [1.807, 2.05) is 12.3 Å². The highest BCUT2D eigenvalue weighted by Gasteiger charge is 2.03. The molecular weight excluding hydrogens is 110 g/mol. The normalized spacial score (nSPS) is 17.7. The molecule has 1 nitrogen and oxygen atoms in total. The molecule has 0 fully saturated rings. The van der Waals surface area contributed by atoms with Crippen LogP contribution < -0.4 is 0 Å². The van der Waals surface area contributed by atoms with Crippen LogP contribution in [0.1, 0.15) is 13.8 Å². The molecule has 0 N–H and O–H groups in total. The Morgan fingerprint density at radius 1 is 1.33 bits per heavy atom. The van der Waals surface area contributed by atoms with Gasteiger partial charge in [-0.15, -0.1) is 6.58 Å². The lowest BCUT2D eigenvalue weighted by atomic mass is 9.98. The van der Waals surface area contributed by atoms with Gasteiger partial charge in [-0.3, -0.25) is 0 Å². The van der Waals surface area contributed by atoms with Gasteiger partial charge in [-0.2, -0.15) is 0 Å². The summed E-state index contributed by atoms with van der Waals surface area (Å²) in [6.45, 7) is 7.98. The second-order valence-electron chi connectivity index (χ2n) is 2.36. The Kier molecular flexibility index (Phi) is 4.02. The van der Waals surface area contributed by atoms with E-state index in [0.717, 1.165) is 0 Å². The maximum absolute atomic E-state index is 3.93. The fourth-order valence-corrected chi connectivity index (χ4v) is 0.586. The Bertz CT molecular complexity index is 105. The maximum atomic E-state index is 3.93. The second kappa shape index (κ2) is 4.30. The predicted octanol–water partition coefficient (Wildman–Crippen LogP) is 2.15. The largest absolute Gasteiger partial charge is 0.301 e. The van der Waals surface area contributed by atoms with Crippen LogP contribution >= 0.6 is 0 Å². The molecule has 0 heterocycles. The van der Waals surface area contributed by atoms with Crippen molar-refractivity contribution in [1.29, 1.82) is 0 Å². The Morgan fingerprint density at radius 3 is 2.22 bits per heavy atom.